The Balaban J connectivity index is 3.28. The minimum absolute atomic E-state index is 0.00968. The van der Waals surface area contributed by atoms with Crippen molar-refractivity contribution in [1.29, 1.82) is 0 Å². The first-order chi connectivity index (χ1) is 8.11. The number of carbonyl (C=O) groups is 1. The molecule has 0 aliphatic heterocycles. The van der Waals surface area contributed by atoms with E-state index in [9.17, 15) is 9.18 Å². The number of primary amides is 1. The first-order valence-electron chi connectivity index (χ1n) is 4.79. The fourth-order valence-corrected chi connectivity index (χ4v) is 1.37. The van der Waals surface area contributed by atoms with E-state index in [-0.39, 0.29) is 16.7 Å². The molecule has 1 amide bonds. The Morgan fingerprint density at radius 3 is 2.88 bits per heavy atom. The molecule has 0 aliphatic rings. The molecule has 92 valence electrons. The molecule has 0 aliphatic carbocycles. The average molecular weight is 240 g/mol. The summed E-state index contributed by atoms with van der Waals surface area (Å²) in [5.74, 6) is -1.36. The summed E-state index contributed by atoms with van der Waals surface area (Å²) in [7, 11) is 1.35. The molecule has 1 aromatic rings. The zero-order chi connectivity index (χ0) is 12.8. The van der Waals surface area contributed by atoms with Crippen molar-refractivity contribution in [3.05, 3.63) is 41.3 Å². The minimum Gasteiger partial charge on any atom is -0.392 e. The third-order valence-electron chi connectivity index (χ3n) is 2.15. The molecule has 0 radical (unpaired) electrons. The first-order valence-corrected chi connectivity index (χ1v) is 4.79. The number of aliphatic hydroxyl groups excluding tert-OH is 1. The molecule has 0 fully saturated rings. The van der Waals surface area contributed by atoms with Crippen molar-refractivity contribution in [1.82, 2.24) is 5.48 Å². The zero-order valence-corrected chi connectivity index (χ0v) is 9.24. The van der Waals surface area contributed by atoms with Gasteiger partial charge in [-0.3, -0.25) is 15.1 Å². The molecule has 0 unspecified atom stereocenters. The largest absolute Gasteiger partial charge is 0.392 e. The summed E-state index contributed by atoms with van der Waals surface area (Å²) in [6.45, 7) is -0.528. The second-order valence-corrected chi connectivity index (χ2v) is 3.17. The van der Waals surface area contributed by atoms with E-state index in [1.807, 2.05) is 0 Å². The van der Waals surface area contributed by atoms with Gasteiger partial charge in [0.15, 0.2) is 0 Å². The standard InChI is InChI=1S/C11H13FN2O3/c1-17-14-5-8(11(13)16)7-3-2-4-10(12)9(7)6-15/h2-5,14-15H,6H2,1H3,(H2,13,16). The lowest BCUT2D eigenvalue weighted by Crippen LogP contribution is -2.17. The van der Waals surface area contributed by atoms with Gasteiger partial charge in [0.2, 0.25) is 0 Å². The predicted molar refractivity (Wildman–Crippen MR) is 59.6 cm³/mol. The average Bonchev–Trinajstić information content (AvgIpc) is 2.29. The minimum atomic E-state index is -0.755. The molecule has 0 saturated heterocycles. The highest BCUT2D eigenvalue weighted by molar-refractivity contribution is 6.19. The Labute approximate surface area is 97.6 Å². The molecule has 17 heavy (non-hydrogen) atoms. The van der Waals surface area contributed by atoms with Crippen molar-refractivity contribution in [2.75, 3.05) is 7.11 Å². The number of benzene rings is 1. The number of hydrogen-bond acceptors (Lipinski definition) is 4. The van der Waals surface area contributed by atoms with Crippen LogP contribution in [-0.4, -0.2) is 18.1 Å². The summed E-state index contributed by atoms with van der Waals surface area (Å²) < 4.78 is 13.4. The quantitative estimate of drug-likeness (QED) is 0.510. The van der Waals surface area contributed by atoms with Crippen molar-refractivity contribution in [3.8, 4) is 0 Å². The van der Waals surface area contributed by atoms with Gasteiger partial charge < -0.3 is 10.8 Å². The number of hydroxylamine groups is 1. The third kappa shape index (κ3) is 3.02. The van der Waals surface area contributed by atoms with Gasteiger partial charge in [0.1, 0.15) is 5.82 Å². The summed E-state index contributed by atoms with van der Waals surface area (Å²) in [6, 6.07) is 4.10. The van der Waals surface area contributed by atoms with Crippen LogP contribution in [0.15, 0.2) is 24.4 Å². The molecular formula is C11H13FN2O3. The van der Waals surface area contributed by atoms with Gasteiger partial charge in [0, 0.05) is 11.8 Å². The Bertz CT molecular complexity index is 446. The summed E-state index contributed by atoms with van der Waals surface area (Å²) in [6.07, 6.45) is 1.20. The molecule has 1 rings (SSSR count). The van der Waals surface area contributed by atoms with Crippen molar-refractivity contribution in [2.45, 2.75) is 6.61 Å². The van der Waals surface area contributed by atoms with E-state index >= 15 is 0 Å². The van der Waals surface area contributed by atoms with E-state index in [1.54, 1.807) is 0 Å². The van der Waals surface area contributed by atoms with E-state index in [0.717, 1.165) is 0 Å². The fourth-order valence-electron chi connectivity index (χ4n) is 1.37. The van der Waals surface area contributed by atoms with E-state index in [1.165, 1.54) is 31.5 Å². The number of nitrogens with two attached hydrogens (primary N) is 1. The zero-order valence-electron chi connectivity index (χ0n) is 9.24. The number of aliphatic hydroxyl groups is 1. The highest BCUT2D eigenvalue weighted by Gasteiger charge is 2.15. The van der Waals surface area contributed by atoms with Crippen LogP contribution >= 0.6 is 0 Å². The maximum Gasteiger partial charge on any atom is 0.250 e. The van der Waals surface area contributed by atoms with Crippen LogP contribution in [0.3, 0.4) is 0 Å². The van der Waals surface area contributed by atoms with Gasteiger partial charge in [-0.05, 0) is 11.6 Å². The van der Waals surface area contributed by atoms with Crippen LogP contribution in [0.2, 0.25) is 0 Å². The van der Waals surface area contributed by atoms with Crippen LogP contribution in [0, 0.1) is 5.82 Å². The third-order valence-corrected chi connectivity index (χ3v) is 2.15. The lowest BCUT2D eigenvalue weighted by molar-refractivity contribution is -0.112. The van der Waals surface area contributed by atoms with Gasteiger partial charge in [-0.2, -0.15) is 0 Å². The fraction of sp³-hybridized carbons (Fsp3) is 0.182. The molecule has 6 heteroatoms. The molecule has 0 saturated carbocycles. The molecule has 0 atom stereocenters. The molecule has 0 aromatic heterocycles. The van der Waals surface area contributed by atoms with Gasteiger partial charge in [0.05, 0.1) is 19.3 Å². The second kappa shape index (κ2) is 5.97. The maximum absolute atomic E-state index is 13.4. The molecule has 5 nitrogen and oxygen atoms in total. The maximum atomic E-state index is 13.4. The van der Waals surface area contributed by atoms with E-state index in [2.05, 4.69) is 10.3 Å². The van der Waals surface area contributed by atoms with Crippen molar-refractivity contribution in [3.63, 3.8) is 0 Å². The number of halogens is 1. The SMILES string of the molecule is CONC=C(C(N)=O)c1cccc(F)c1CO. The van der Waals surface area contributed by atoms with Crippen LogP contribution in [0.1, 0.15) is 11.1 Å². The number of amides is 1. The van der Waals surface area contributed by atoms with Crippen molar-refractivity contribution in [2.24, 2.45) is 5.73 Å². The van der Waals surface area contributed by atoms with Gasteiger partial charge in [-0.1, -0.05) is 12.1 Å². The lowest BCUT2D eigenvalue weighted by atomic mass is 10.00. The smallest absolute Gasteiger partial charge is 0.250 e. The summed E-state index contributed by atoms with van der Waals surface area (Å²) >= 11 is 0. The Kier molecular flexibility index (Phi) is 4.62. The van der Waals surface area contributed by atoms with Crippen LogP contribution in [0.4, 0.5) is 4.39 Å². The molecule has 0 spiro atoms. The summed E-state index contributed by atoms with van der Waals surface area (Å²) in [4.78, 5) is 15.8. The Hall–Kier alpha value is -1.92. The summed E-state index contributed by atoms with van der Waals surface area (Å²) in [5.41, 5.74) is 7.77. The van der Waals surface area contributed by atoms with Crippen molar-refractivity contribution >= 4 is 11.5 Å². The Morgan fingerprint density at radius 2 is 2.35 bits per heavy atom. The van der Waals surface area contributed by atoms with Crippen LogP contribution in [0.5, 0.6) is 0 Å². The van der Waals surface area contributed by atoms with E-state index in [4.69, 9.17) is 10.8 Å². The second-order valence-electron chi connectivity index (χ2n) is 3.17. The molecule has 1 aromatic carbocycles. The van der Waals surface area contributed by atoms with Gasteiger partial charge in [-0.25, -0.2) is 4.39 Å². The van der Waals surface area contributed by atoms with Gasteiger partial charge >= 0.3 is 0 Å². The topological polar surface area (TPSA) is 84.6 Å². The highest BCUT2D eigenvalue weighted by Crippen LogP contribution is 2.21. The van der Waals surface area contributed by atoms with Crippen LogP contribution < -0.4 is 11.2 Å². The molecular weight excluding hydrogens is 227 g/mol. The number of nitrogens with one attached hydrogen (secondary N) is 1. The number of carbonyl (C=O) groups excluding carboxylic acids is 1. The van der Waals surface area contributed by atoms with Gasteiger partial charge in [-0.15, -0.1) is 0 Å². The number of rotatable bonds is 5. The monoisotopic (exact) mass is 240 g/mol. The van der Waals surface area contributed by atoms with Crippen molar-refractivity contribution < 1.29 is 19.1 Å². The number of hydrogen-bond donors (Lipinski definition) is 3. The molecule has 0 bridgehead atoms. The predicted octanol–water partition coefficient (Wildman–Crippen LogP) is 0.295. The summed E-state index contributed by atoms with van der Waals surface area (Å²) in [5, 5.41) is 9.08. The highest BCUT2D eigenvalue weighted by atomic mass is 19.1. The molecule has 4 N–H and O–H groups in total. The van der Waals surface area contributed by atoms with E-state index < -0.39 is 18.3 Å². The van der Waals surface area contributed by atoms with Crippen LogP contribution in [-0.2, 0) is 16.2 Å². The lowest BCUT2D eigenvalue weighted by Gasteiger charge is -2.10. The van der Waals surface area contributed by atoms with E-state index in [0.29, 0.717) is 0 Å². The first kappa shape index (κ1) is 13.1. The Morgan fingerprint density at radius 1 is 1.65 bits per heavy atom. The normalized spacial score (nSPS) is 11.4. The molecule has 0 heterocycles. The van der Waals surface area contributed by atoms with Crippen LogP contribution in [0.25, 0.3) is 5.57 Å². The van der Waals surface area contributed by atoms with Gasteiger partial charge in [0.25, 0.3) is 5.91 Å².